The molecule has 0 spiro atoms. The molecular weight excluding hydrogens is 300 g/mol. The van der Waals surface area contributed by atoms with Crippen LogP contribution in [0.5, 0.6) is 0 Å². The van der Waals surface area contributed by atoms with E-state index >= 15 is 0 Å². The van der Waals surface area contributed by atoms with Gasteiger partial charge in [-0.25, -0.2) is 0 Å². The maximum atomic E-state index is 12.0. The van der Waals surface area contributed by atoms with Crippen molar-refractivity contribution in [2.45, 2.75) is 38.7 Å². The molecule has 1 N–H and O–H groups in total. The van der Waals surface area contributed by atoms with E-state index in [0.717, 1.165) is 12.1 Å². The summed E-state index contributed by atoms with van der Waals surface area (Å²) in [6, 6.07) is 5.50. The van der Waals surface area contributed by atoms with E-state index in [4.69, 9.17) is 16.3 Å². The lowest BCUT2D eigenvalue weighted by molar-refractivity contribution is -0.124. The van der Waals surface area contributed by atoms with Crippen LogP contribution in [-0.4, -0.2) is 32.7 Å². The van der Waals surface area contributed by atoms with E-state index in [9.17, 15) is 4.79 Å². The number of hydrogen-bond donors (Lipinski definition) is 1. The number of anilines is 2. The molecule has 22 heavy (non-hydrogen) atoms. The fourth-order valence-corrected chi connectivity index (χ4v) is 3.21. The van der Waals surface area contributed by atoms with Crippen LogP contribution in [-0.2, 0) is 9.53 Å². The van der Waals surface area contributed by atoms with Crippen molar-refractivity contribution in [2.75, 3.05) is 30.9 Å². The summed E-state index contributed by atoms with van der Waals surface area (Å²) in [4.78, 5) is 13.9. The minimum absolute atomic E-state index is 0.0993. The Morgan fingerprint density at radius 2 is 2.09 bits per heavy atom. The third-order valence-electron chi connectivity index (χ3n) is 4.17. The van der Waals surface area contributed by atoms with Gasteiger partial charge in [0.1, 0.15) is 6.61 Å². The largest absolute Gasteiger partial charge is 0.376 e. The summed E-state index contributed by atoms with van der Waals surface area (Å²) in [7, 11) is 3.86. The topological polar surface area (TPSA) is 41.6 Å². The number of amides is 1. The van der Waals surface area contributed by atoms with Gasteiger partial charge in [-0.05, 0) is 37.0 Å². The first kappa shape index (κ1) is 17.1. The minimum Gasteiger partial charge on any atom is -0.376 e. The van der Waals surface area contributed by atoms with Gasteiger partial charge in [-0.15, -0.1) is 0 Å². The predicted octanol–water partition coefficient (Wildman–Crippen LogP) is 3.94. The van der Waals surface area contributed by atoms with Crippen LogP contribution in [0.2, 0.25) is 5.02 Å². The van der Waals surface area contributed by atoms with Gasteiger partial charge >= 0.3 is 0 Å². The van der Waals surface area contributed by atoms with E-state index in [1.165, 1.54) is 19.3 Å². The van der Waals surface area contributed by atoms with Crippen molar-refractivity contribution in [1.82, 2.24) is 0 Å². The first-order chi connectivity index (χ1) is 10.5. The fourth-order valence-electron chi connectivity index (χ4n) is 2.86. The Morgan fingerprint density at radius 3 is 2.73 bits per heavy atom. The van der Waals surface area contributed by atoms with E-state index in [0.29, 0.717) is 16.6 Å². The summed E-state index contributed by atoms with van der Waals surface area (Å²) in [6.07, 6.45) is 4.91. The molecule has 1 fully saturated rings. The normalized spacial score (nSPS) is 21.5. The monoisotopic (exact) mass is 324 g/mol. The lowest BCUT2D eigenvalue weighted by Gasteiger charge is -2.28. The molecule has 0 bridgehead atoms. The first-order valence-corrected chi connectivity index (χ1v) is 8.23. The zero-order valence-corrected chi connectivity index (χ0v) is 14.3. The lowest BCUT2D eigenvalue weighted by atomic mass is 9.88. The zero-order valence-electron chi connectivity index (χ0n) is 13.6. The number of nitrogens with zero attached hydrogens (tertiary/aromatic N) is 1. The van der Waals surface area contributed by atoms with Crippen molar-refractivity contribution in [2.24, 2.45) is 5.92 Å². The number of rotatable bonds is 5. The molecule has 0 aromatic heterocycles. The maximum Gasteiger partial charge on any atom is 0.250 e. The van der Waals surface area contributed by atoms with Crippen LogP contribution in [0.4, 0.5) is 11.4 Å². The van der Waals surface area contributed by atoms with Gasteiger partial charge in [0.15, 0.2) is 0 Å². The summed E-state index contributed by atoms with van der Waals surface area (Å²) in [5.41, 5.74) is 1.62. The molecule has 0 unspecified atom stereocenters. The summed E-state index contributed by atoms with van der Waals surface area (Å²) >= 11 is 6.20. The van der Waals surface area contributed by atoms with Crippen molar-refractivity contribution in [3.05, 3.63) is 23.2 Å². The van der Waals surface area contributed by atoms with Crippen LogP contribution in [0.15, 0.2) is 18.2 Å². The van der Waals surface area contributed by atoms with Crippen LogP contribution in [0.1, 0.15) is 32.6 Å². The van der Waals surface area contributed by atoms with Gasteiger partial charge in [-0.1, -0.05) is 31.4 Å². The molecule has 1 saturated carbocycles. The second-order valence-electron chi connectivity index (χ2n) is 6.22. The van der Waals surface area contributed by atoms with Gasteiger partial charge < -0.3 is 15.0 Å². The fraction of sp³-hybridized carbons (Fsp3) is 0.588. The Kier molecular flexibility index (Phi) is 6.09. The van der Waals surface area contributed by atoms with Crippen LogP contribution in [0.25, 0.3) is 0 Å². The molecule has 2 rings (SSSR count). The Hall–Kier alpha value is -1.26. The highest BCUT2D eigenvalue weighted by molar-refractivity contribution is 6.33. The number of carbonyl (C=O) groups is 1. The first-order valence-electron chi connectivity index (χ1n) is 7.85. The average molecular weight is 325 g/mol. The molecule has 2 atom stereocenters. The number of carbonyl (C=O) groups excluding carboxylic acids is 1. The van der Waals surface area contributed by atoms with Crippen LogP contribution < -0.4 is 10.2 Å². The van der Waals surface area contributed by atoms with Crippen molar-refractivity contribution >= 4 is 28.9 Å². The Morgan fingerprint density at radius 1 is 1.36 bits per heavy atom. The molecule has 0 saturated heterocycles. The van der Waals surface area contributed by atoms with Crippen LogP contribution >= 0.6 is 11.6 Å². The third-order valence-corrected chi connectivity index (χ3v) is 4.48. The smallest absolute Gasteiger partial charge is 0.250 e. The van der Waals surface area contributed by atoms with Crippen LogP contribution in [0, 0.1) is 5.92 Å². The molecule has 1 aromatic carbocycles. The number of benzene rings is 1. The molecular formula is C17H25ClN2O2. The Bertz CT molecular complexity index is 519. The maximum absolute atomic E-state index is 12.0. The molecule has 1 aliphatic carbocycles. The van der Waals surface area contributed by atoms with Crippen molar-refractivity contribution in [3.63, 3.8) is 0 Å². The van der Waals surface area contributed by atoms with E-state index in [1.54, 1.807) is 6.07 Å². The highest BCUT2D eigenvalue weighted by Crippen LogP contribution is 2.28. The molecule has 1 aromatic rings. The SMILES string of the molecule is C[C@@H]1CCCC[C@H]1OCC(=O)Nc1ccc(N(C)C)c(Cl)c1. The summed E-state index contributed by atoms with van der Waals surface area (Å²) in [6.45, 7) is 2.30. The van der Waals surface area contributed by atoms with Gasteiger partial charge in [-0.3, -0.25) is 4.79 Å². The number of hydrogen-bond acceptors (Lipinski definition) is 3. The quantitative estimate of drug-likeness (QED) is 0.892. The van der Waals surface area contributed by atoms with Gasteiger partial charge in [0.05, 0.1) is 16.8 Å². The van der Waals surface area contributed by atoms with E-state index in [-0.39, 0.29) is 18.6 Å². The summed E-state index contributed by atoms with van der Waals surface area (Å²) < 4.78 is 5.77. The van der Waals surface area contributed by atoms with Crippen molar-refractivity contribution in [1.29, 1.82) is 0 Å². The highest BCUT2D eigenvalue weighted by Gasteiger charge is 2.22. The molecule has 1 aliphatic rings. The number of ether oxygens (including phenoxy) is 1. The standard InChI is InChI=1S/C17H25ClN2O2/c1-12-6-4-5-7-16(12)22-11-17(21)19-13-8-9-15(20(2)3)14(18)10-13/h8-10,12,16H,4-7,11H2,1-3H3,(H,19,21)/t12-,16-/m1/s1. The van der Waals surface area contributed by atoms with Gasteiger partial charge in [0, 0.05) is 19.8 Å². The van der Waals surface area contributed by atoms with E-state index in [2.05, 4.69) is 12.2 Å². The minimum atomic E-state index is -0.133. The van der Waals surface area contributed by atoms with Crippen LogP contribution in [0.3, 0.4) is 0 Å². The molecule has 1 amide bonds. The van der Waals surface area contributed by atoms with Gasteiger partial charge in [-0.2, -0.15) is 0 Å². The summed E-state index contributed by atoms with van der Waals surface area (Å²) in [5.74, 6) is 0.404. The molecule has 0 heterocycles. The molecule has 0 aliphatic heterocycles. The van der Waals surface area contributed by atoms with E-state index < -0.39 is 0 Å². The summed E-state index contributed by atoms with van der Waals surface area (Å²) in [5, 5.41) is 3.45. The Balaban J connectivity index is 1.85. The van der Waals surface area contributed by atoms with E-state index in [1.807, 2.05) is 31.1 Å². The second kappa shape index (κ2) is 7.84. The number of halogens is 1. The Labute approximate surface area is 137 Å². The highest BCUT2D eigenvalue weighted by atomic mass is 35.5. The second-order valence-corrected chi connectivity index (χ2v) is 6.63. The van der Waals surface area contributed by atoms with Crippen molar-refractivity contribution < 1.29 is 9.53 Å². The molecule has 5 heteroatoms. The number of nitrogens with one attached hydrogen (secondary N) is 1. The van der Waals surface area contributed by atoms with Gasteiger partial charge in [0.2, 0.25) is 5.91 Å². The van der Waals surface area contributed by atoms with Gasteiger partial charge in [0.25, 0.3) is 0 Å². The molecule has 4 nitrogen and oxygen atoms in total. The predicted molar refractivity (Wildman–Crippen MR) is 91.8 cm³/mol. The average Bonchev–Trinajstić information content (AvgIpc) is 2.46. The lowest BCUT2D eigenvalue weighted by Crippen LogP contribution is -2.29. The molecule has 0 radical (unpaired) electrons. The third kappa shape index (κ3) is 4.62. The van der Waals surface area contributed by atoms with Crippen molar-refractivity contribution in [3.8, 4) is 0 Å². The zero-order chi connectivity index (χ0) is 16.1. The molecule has 122 valence electrons.